The number of pyridine rings is 1. The maximum Gasteiger partial charge on any atom is 0.433 e. The smallest absolute Gasteiger partial charge is 0.433 e. The van der Waals surface area contributed by atoms with Gasteiger partial charge in [0.15, 0.2) is 0 Å². The number of amides is 1. The third-order valence-corrected chi connectivity index (χ3v) is 8.22. The highest BCUT2D eigenvalue weighted by Crippen LogP contribution is 2.49. The second kappa shape index (κ2) is 10.4. The fourth-order valence-corrected chi connectivity index (χ4v) is 6.36. The first-order valence-corrected chi connectivity index (χ1v) is 13.4. The van der Waals surface area contributed by atoms with Crippen LogP contribution in [0.4, 0.5) is 24.5 Å². The Morgan fingerprint density at radius 2 is 1.68 bits per heavy atom. The molecule has 3 aliphatic rings. The summed E-state index contributed by atoms with van der Waals surface area (Å²) in [5.74, 6) is 0.108. The number of hydrogen-bond donors (Lipinski definition) is 3. The van der Waals surface area contributed by atoms with Crippen LogP contribution in [0.1, 0.15) is 75.5 Å². The van der Waals surface area contributed by atoms with Gasteiger partial charge >= 0.3 is 6.18 Å². The summed E-state index contributed by atoms with van der Waals surface area (Å²) in [5, 5.41) is 10.4. The van der Waals surface area contributed by atoms with Crippen molar-refractivity contribution in [2.75, 3.05) is 17.7 Å². The normalized spacial score (nSPS) is 23.5. The number of alkyl halides is 3. The van der Waals surface area contributed by atoms with Crippen LogP contribution >= 0.6 is 0 Å². The number of nitrogens with zero attached hydrogens (tertiary/aromatic N) is 1. The summed E-state index contributed by atoms with van der Waals surface area (Å²) in [6.07, 6.45) is 6.95. The standard InChI is InChI=1S/C28H35F3N4O2/c1-37-21-13-14-22-23(16-21)35-27(34-22,19-12-15-24(32-17-19)28(29,30)31)25(18-8-4-2-5-9-18)26(36)33-20-10-6-3-7-11-20/h12-18,20,25,34-35H,2-11H2,1H3,(H,33,36). The molecular formula is C28H35F3N4O2. The Morgan fingerprint density at radius 3 is 2.30 bits per heavy atom. The summed E-state index contributed by atoms with van der Waals surface area (Å²) >= 11 is 0. The quantitative estimate of drug-likeness (QED) is 0.412. The van der Waals surface area contributed by atoms with Crippen molar-refractivity contribution in [2.24, 2.45) is 11.8 Å². The number of carbonyl (C=O) groups excluding carboxylic acids is 1. The third kappa shape index (κ3) is 5.22. The van der Waals surface area contributed by atoms with Crippen LogP contribution in [0.2, 0.25) is 0 Å². The third-order valence-electron chi connectivity index (χ3n) is 8.22. The predicted octanol–water partition coefficient (Wildman–Crippen LogP) is 6.44. The fraction of sp³-hybridized carbons (Fsp3) is 0.571. The Balaban J connectivity index is 1.58. The van der Waals surface area contributed by atoms with Crippen LogP contribution in [0.3, 0.4) is 0 Å². The number of fused-ring (bicyclic) bond motifs is 1. The van der Waals surface area contributed by atoms with Crippen molar-refractivity contribution in [3.05, 3.63) is 47.8 Å². The molecule has 0 spiro atoms. The SMILES string of the molecule is COc1ccc2c(c1)NC(c1ccc(C(F)(F)F)nc1)(C(C(=O)NC1CCCCC1)C1CCCCC1)N2. The van der Waals surface area contributed by atoms with Gasteiger partial charge in [0, 0.05) is 23.9 Å². The first-order valence-electron chi connectivity index (χ1n) is 13.4. The van der Waals surface area contributed by atoms with E-state index in [1.54, 1.807) is 7.11 Å². The van der Waals surface area contributed by atoms with Crippen LogP contribution in [0, 0.1) is 11.8 Å². The average Bonchev–Trinajstić information content (AvgIpc) is 3.29. The van der Waals surface area contributed by atoms with E-state index in [-0.39, 0.29) is 17.9 Å². The number of hydrogen-bond acceptors (Lipinski definition) is 5. The minimum Gasteiger partial charge on any atom is -0.497 e. The first-order chi connectivity index (χ1) is 17.8. The molecule has 200 valence electrons. The average molecular weight is 517 g/mol. The number of aromatic nitrogens is 1. The minimum absolute atomic E-state index is 0.0570. The lowest BCUT2D eigenvalue weighted by atomic mass is 9.71. The highest BCUT2D eigenvalue weighted by molar-refractivity contribution is 5.87. The fourth-order valence-electron chi connectivity index (χ4n) is 6.36. The zero-order valence-electron chi connectivity index (χ0n) is 21.2. The Labute approximate surface area is 215 Å². The molecule has 2 saturated carbocycles. The molecule has 0 radical (unpaired) electrons. The van der Waals surface area contributed by atoms with Gasteiger partial charge in [-0.3, -0.25) is 9.78 Å². The monoisotopic (exact) mass is 516 g/mol. The molecule has 0 saturated heterocycles. The van der Waals surface area contributed by atoms with Gasteiger partial charge in [0.2, 0.25) is 5.91 Å². The lowest BCUT2D eigenvalue weighted by Gasteiger charge is -2.43. The molecule has 37 heavy (non-hydrogen) atoms. The van der Waals surface area contributed by atoms with Crippen LogP contribution in [-0.4, -0.2) is 24.0 Å². The highest BCUT2D eigenvalue weighted by atomic mass is 19.4. The van der Waals surface area contributed by atoms with E-state index in [9.17, 15) is 18.0 Å². The molecule has 2 atom stereocenters. The van der Waals surface area contributed by atoms with E-state index >= 15 is 0 Å². The first kappa shape index (κ1) is 25.7. The van der Waals surface area contributed by atoms with Gasteiger partial charge in [-0.1, -0.05) is 44.6 Å². The van der Waals surface area contributed by atoms with Gasteiger partial charge < -0.3 is 20.7 Å². The Bertz CT molecular complexity index is 1100. The van der Waals surface area contributed by atoms with E-state index in [1.807, 2.05) is 18.2 Å². The molecular weight excluding hydrogens is 481 g/mol. The lowest BCUT2D eigenvalue weighted by molar-refractivity contribution is -0.141. The number of rotatable bonds is 6. The molecule has 1 aromatic heterocycles. The predicted molar refractivity (Wildman–Crippen MR) is 136 cm³/mol. The number of methoxy groups -OCH3 is 1. The summed E-state index contributed by atoms with van der Waals surface area (Å²) in [4.78, 5) is 17.9. The zero-order chi connectivity index (χ0) is 26.0. The van der Waals surface area contributed by atoms with Crippen molar-refractivity contribution in [3.8, 4) is 5.75 Å². The molecule has 5 rings (SSSR count). The summed E-state index contributed by atoms with van der Waals surface area (Å²) in [6.45, 7) is 0. The van der Waals surface area contributed by atoms with Crippen LogP contribution in [0.15, 0.2) is 36.5 Å². The van der Waals surface area contributed by atoms with Crippen molar-refractivity contribution >= 4 is 17.3 Å². The van der Waals surface area contributed by atoms with E-state index in [0.29, 0.717) is 11.3 Å². The summed E-state index contributed by atoms with van der Waals surface area (Å²) in [6, 6.07) is 8.12. The Morgan fingerprint density at radius 1 is 1.00 bits per heavy atom. The van der Waals surface area contributed by atoms with Crippen LogP contribution in [0.25, 0.3) is 0 Å². The summed E-state index contributed by atoms with van der Waals surface area (Å²) in [7, 11) is 1.58. The van der Waals surface area contributed by atoms with Crippen molar-refractivity contribution in [1.82, 2.24) is 10.3 Å². The molecule has 2 unspecified atom stereocenters. The largest absolute Gasteiger partial charge is 0.497 e. The van der Waals surface area contributed by atoms with Crippen LogP contribution < -0.4 is 20.7 Å². The van der Waals surface area contributed by atoms with Crippen molar-refractivity contribution < 1.29 is 22.7 Å². The molecule has 2 heterocycles. The topological polar surface area (TPSA) is 75.3 Å². The van der Waals surface area contributed by atoms with E-state index in [2.05, 4.69) is 20.9 Å². The lowest BCUT2D eigenvalue weighted by Crippen LogP contribution is -2.57. The second-order valence-electron chi connectivity index (χ2n) is 10.6. The molecule has 2 aromatic rings. The molecule has 3 N–H and O–H groups in total. The summed E-state index contributed by atoms with van der Waals surface area (Å²) in [5.41, 5.74) is -0.0842. The number of ether oxygens (including phenoxy) is 1. The van der Waals surface area contributed by atoms with Crippen LogP contribution in [0.5, 0.6) is 5.75 Å². The molecule has 1 amide bonds. The maximum atomic E-state index is 14.2. The van der Waals surface area contributed by atoms with Gasteiger partial charge in [0.05, 0.1) is 24.4 Å². The van der Waals surface area contributed by atoms with Gasteiger partial charge in [0.1, 0.15) is 17.1 Å². The van der Waals surface area contributed by atoms with E-state index in [4.69, 9.17) is 4.74 Å². The minimum atomic E-state index is -4.54. The number of halogens is 3. The van der Waals surface area contributed by atoms with Gasteiger partial charge in [-0.15, -0.1) is 0 Å². The maximum absolute atomic E-state index is 14.2. The van der Waals surface area contributed by atoms with Crippen molar-refractivity contribution in [3.63, 3.8) is 0 Å². The number of nitrogens with one attached hydrogen (secondary N) is 3. The molecule has 2 aliphatic carbocycles. The van der Waals surface area contributed by atoms with Gasteiger partial charge in [-0.05, 0) is 49.8 Å². The molecule has 2 fully saturated rings. The van der Waals surface area contributed by atoms with Gasteiger partial charge in [0.25, 0.3) is 0 Å². The zero-order valence-corrected chi connectivity index (χ0v) is 21.2. The van der Waals surface area contributed by atoms with Crippen molar-refractivity contribution in [2.45, 2.75) is 82.1 Å². The van der Waals surface area contributed by atoms with Crippen molar-refractivity contribution in [1.29, 1.82) is 0 Å². The Kier molecular flexibility index (Phi) is 7.23. The van der Waals surface area contributed by atoms with E-state index in [0.717, 1.165) is 75.2 Å². The molecule has 1 aliphatic heterocycles. The van der Waals surface area contributed by atoms with E-state index < -0.39 is 23.5 Å². The summed E-state index contributed by atoms with van der Waals surface area (Å²) < 4.78 is 45.5. The molecule has 6 nitrogen and oxygen atoms in total. The highest BCUT2D eigenvalue weighted by Gasteiger charge is 2.52. The second-order valence-corrected chi connectivity index (χ2v) is 10.6. The number of carbonyl (C=O) groups is 1. The van der Waals surface area contributed by atoms with Crippen LogP contribution in [-0.2, 0) is 16.6 Å². The molecule has 1 aromatic carbocycles. The Hall–Kier alpha value is -2.97. The van der Waals surface area contributed by atoms with Gasteiger partial charge in [-0.2, -0.15) is 13.2 Å². The molecule has 0 bridgehead atoms. The number of benzene rings is 1. The molecule has 9 heteroatoms. The number of anilines is 2. The van der Waals surface area contributed by atoms with Gasteiger partial charge in [-0.25, -0.2) is 0 Å². The van der Waals surface area contributed by atoms with E-state index in [1.165, 1.54) is 18.7 Å².